The summed E-state index contributed by atoms with van der Waals surface area (Å²) in [5.41, 5.74) is 0. The van der Waals surface area contributed by atoms with E-state index in [2.05, 4.69) is 14.9 Å². The summed E-state index contributed by atoms with van der Waals surface area (Å²) < 4.78 is 16.3. The van der Waals surface area contributed by atoms with Crippen molar-refractivity contribution in [3.05, 3.63) is 0 Å². The molecule has 7 heteroatoms. The molecular weight excluding hydrogens is 224 g/mol. The third kappa shape index (κ3) is 2.63. The molecule has 7 nitrogen and oxygen atoms in total. The molecule has 0 N–H and O–H groups in total. The number of hydrogen-bond donors (Lipinski definition) is 0. The maximum atomic E-state index is 5.45. The van der Waals surface area contributed by atoms with Crippen molar-refractivity contribution in [3.63, 3.8) is 0 Å². The predicted octanol–water partition coefficient (Wildman–Crippen LogP) is -0.448. The van der Waals surface area contributed by atoms with Crippen LogP contribution in [0.1, 0.15) is 0 Å². The Kier molecular flexibility index (Phi) is 4.06. The molecule has 0 atom stereocenters. The molecule has 0 aliphatic carbocycles. The van der Waals surface area contributed by atoms with Gasteiger partial charge in [0.05, 0.1) is 19.6 Å². The molecule has 1 saturated heterocycles. The Balaban J connectivity index is 2.01. The van der Waals surface area contributed by atoms with E-state index in [1.165, 1.54) is 0 Å². The SMILES string of the molecule is COC1(OC)COCCN1CN1C=NC=NC1. The molecule has 0 unspecified atom stereocenters. The highest BCUT2D eigenvalue weighted by Crippen LogP contribution is 2.22. The van der Waals surface area contributed by atoms with Crippen LogP contribution >= 0.6 is 0 Å². The largest absolute Gasteiger partial charge is 0.373 e. The Labute approximate surface area is 101 Å². The van der Waals surface area contributed by atoms with Crippen LogP contribution in [0.4, 0.5) is 0 Å². The molecule has 2 heterocycles. The molecule has 0 radical (unpaired) electrons. The zero-order chi connectivity index (χ0) is 12.1. The minimum atomic E-state index is -0.812. The molecule has 0 aromatic rings. The summed E-state index contributed by atoms with van der Waals surface area (Å²) in [6.07, 6.45) is 3.31. The molecule has 0 saturated carbocycles. The van der Waals surface area contributed by atoms with Crippen LogP contribution in [0.2, 0.25) is 0 Å². The summed E-state index contributed by atoms with van der Waals surface area (Å²) in [7, 11) is 3.24. The zero-order valence-corrected chi connectivity index (χ0v) is 10.2. The summed E-state index contributed by atoms with van der Waals surface area (Å²) in [6.45, 7) is 3.06. The molecule has 0 bridgehead atoms. The highest BCUT2D eigenvalue weighted by atomic mass is 16.7. The van der Waals surface area contributed by atoms with E-state index in [4.69, 9.17) is 14.2 Å². The quantitative estimate of drug-likeness (QED) is 0.625. The standard InChI is InChI=1S/C10H18N4O3/c1-15-10(16-2)5-17-4-3-14(10)9-13-7-11-6-12-8-13/h6-7H,3-5,8-9H2,1-2H3. The Morgan fingerprint density at radius 1 is 1.41 bits per heavy atom. The number of morpholine rings is 1. The second kappa shape index (κ2) is 5.54. The second-order valence-corrected chi connectivity index (χ2v) is 3.87. The summed E-state index contributed by atoms with van der Waals surface area (Å²) >= 11 is 0. The van der Waals surface area contributed by atoms with Gasteiger partial charge < -0.3 is 19.1 Å². The molecule has 2 aliphatic rings. The molecule has 1 fully saturated rings. The van der Waals surface area contributed by atoms with Crippen LogP contribution in [0.15, 0.2) is 9.98 Å². The van der Waals surface area contributed by atoms with Crippen LogP contribution in [0.3, 0.4) is 0 Å². The molecule has 17 heavy (non-hydrogen) atoms. The first-order chi connectivity index (χ1) is 8.30. The van der Waals surface area contributed by atoms with Gasteiger partial charge in [0, 0.05) is 20.8 Å². The predicted molar refractivity (Wildman–Crippen MR) is 62.8 cm³/mol. The lowest BCUT2D eigenvalue weighted by Gasteiger charge is -2.45. The zero-order valence-electron chi connectivity index (χ0n) is 10.2. The number of methoxy groups -OCH3 is 2. The van der Waals surface area contributed by atoms with Crippen molar-refractivity contribution in [2.24, 2.45) is 9.98 Å². The van der Waals surface area contributed by atoms with Crippen LogP contribution < -0.4 is 0 Å². The van der Waals surface area contributed by atoms with Crippen molar-refractivity contribution < 1.29 is 14.2 Å². The van der Waals surface area contributed by atoms with Gasteiger partial charge in [-0.05, 0) is 0 Å². The first-order valence-corrected chi connectivity index (χ1v) is 5.49. The maximum Gasteiger partial charge on any atom is 0.255 e. The summed E-state index contributed by atoms with van der Waals surface area (Å²) in [4.78, 5) is 12.1. The Morgan fingerprint density at radius 3 is 2.88 bits per heavy atom. The van der Waals surface area contributed by atoms with E-state index in [-0.39, 0.29) is 0 Å². The van der Waals surface area contributed by atoms with Gasteiger partial charge in [-0.1, -0.05) is 0 Å². The molecule has 0 aromatic heterocycles. The van der Waals surface area contributed by atoms with Crippen molar-refractivity contribution in [2.75, 3.05) is 47.3 Å². The average molecular weight is 242 g/mol. The Bertz CT molecular complexity index is 304. The van der Waals surface area contributed by atoms with Crippen molar-refractivity contribution in [2.45, 2.75) is 5.91 Å². The maximum absolute atomic E-state index is 5.45. The van der Waals surface area contributed by atoms with Crippen LogP contribution in [-0.4, -0.2) is 75.7 Å². The molecule has 2 aliphatic heterocycles. The van der Waals surface area contributed by atoms with E-state index >= 15 is 0 Å². The van der Waals surface area contributed by atoms with Crippen molar-refractivity contribution in [1.82, 2.24) is 9.80 Å². The molecule has 96 valence electrons. The number of aliphatic imine (C=N–C) groups is 2. The molecule has 0 amide bonds. The molecule has 0 aromatic carbocycles. The first-order valence-electron chi connectivity index (χ1n) is 5.49. The number of hydrogen-bond acceptors (Lipinski definition) is 7. The summed E-state index contributed by atoms with van der Waals surface area (Å²) in [6, 6.07) is 0. The van der Waals surface area contributed by atoms with E-state index in [1.54, 1.807) is 26.9 Å². The Hall–Kier alpha value is -1.02. The summed E-state index contributed by atoms with van der Waals surface area (Å²) in [5, 5.41) is 0. The van der Waals surface area contributed by atoms with Gasteiger partial charge in [0.15, 0.2) is 0 Å². The van der Waals surface area contributed by atoms with Crippen LogP contribution in [0, 0.1) is 0 Å². The fraction of sp³-hybridized carbons (Fsp3) is 0.800. The molecule has 0 spiro atoms. The minimum absolute atomic E-state index is 0.397. The smallest absolute Gasteiger partial charge is 0.255 e. The second-order valence-electron chi connectivity index (χ2n) is 3.87. The third-order valence-corrected chi connectivity index (χ3v) is 2.90. The fourth-order valence-corrected chi connectivity index (χ4v) is 1.92. The highest BCUT2D eigenvalue weighted by molar-refractivity contribution is 5.72. The normalized spacial score (nSPS) is 24.2. The fourth-order valence-electron chi connectivity index (χ4n) is 1.92. The van der Waals surface area contributed by atoms with Crippen molar-refractivity contribution in [1.29, 1.82) is 0 Å². The summed E-state index contributed by atoms with van der Waals surface area (Å²) in [5.74, 6) is -0.812. The topological polar surface area (TPSA) is 58.9 Å². The molecular formula is C10H18N4O3. The number of ether oxygens (including phenoxy) is 3. The van der Waals surface area contributed by atoms with Gasteiger partial charge in [-0.3, -0.25) is 4.99 Å². The lowest BCUT2D eigenvalue weighted by atomic mass is 10.3. The minimum Gasteiger partial charge on any atom is -0.373 e. The van der Waals surface area contributed by atoms with Gasteiger partial charge >= 0.3 is 0 Å². The van der Waals surface area contributed by atoms with E-state index in [0.29, 0.717) is 26.6 Å². The van der Waals surface area contributed by atoms with E-state index in [0.717, 1.165) is 6.54 Å². The van der Waals surface area contributed by atoms with Gasteiger partial charge in [-0.15, -0.1) is 0 Å². The van der Waals surface area contributed by atoms with Crippen LogP contribution in [-0.2, 0) is 14.2 Å². The van der Waals surface area contributed by atoms with Crippen LogP contribution in [0.25, 0.3) is 0 Å². The van der Waals surface area contributed by atoms with Gasteiger partial charge in [0.1, 0.15) is 19.6 Å². The number of nitrogens with zero attached hydrogens (tertiary/aromatic N) is 4. The van der Waals surface area contributed by atoms with E-state index in [1.807, 2.05) is 4.90 Å². The molecule has 2 rings (SSSR count). The van der Waals surface area contributed by atoms with E-state index in [9.17, 15) is 0 Å². The van der Waals surface area contributed by atoms with Gasteiger partial charge in [-0.2, -0.15) is 0 Å². The van der Waals surface area contributed by atoms with Gasteiger partial charge in [-0.25, -0.2) is 9.89 Å². The van der Waals surface area contributed by atoms with Crippen molar-refractivity contribution in [3.8, 4) is 0 Å². The lowest BCUT2D eigenvalue weighted by molar-refractivity contribution is -0.339. The van der Waals surface area contributed by atoms with Gasteiger partial charge in [0.2, 0.25) is 0 Å². The highest BCUT2D eigenvalue weighted by Gasteiger charge is 2.41. The monoisotopic (exact) mass is 242 g/mol. The first kappa shape index (κ1) is 12.4. The Morgan fingerprint density at radius 2 is 2.24 bits per heavy atom. The van der Waals surface area contributed by atoms with Crippen molar-refractivity contribution >= 4 is 12.7 Å². The number of rotatable bonds is 4. The van der Waals surface area contributed by atoms with Gasteiger partial charge in [0.25, 0.3) is 5.91 Å². The lowest BCUT2D eigenvalue weighted by Crippen LogP contribution is -2.61. The third-order valence-electron chi connectivity index (χ3n) is 2.90. The van der Waals surface area contributed by atoms with Crippen LogP contribution in [0.5, 0.6) is 0 Å². The average Bonchev–Trinajstić information content (AvgIpc) is 2.41. The van der Waals surface area contributed by atoms with E-state index < -0.39 is 5.91 Å².